The van der Waals surface area contributed by atoms with Crippen molar-refractivity contribution in [3.63, 3.8) is 0 Å². The molecule has 1 unspecified atom stereocenters. The minimum Gasteiger partial charge on any atom is -0.384 e. The van der Waals surface area contributed by atoms with Crippen LogP contribution in [0.25, 0.3) is 0 Å². The van der Waals surface area contributed by atoms with Crippen molar-refractivity contribution >= 4 is 35.6 Å². The van der Waals surface area contributed by atoms with E-state index < -0.39 is 29.7 Å². The number of nitrogens with zero attached hydrogens (tertiary/aromatic N) is 1. The summed E-state index contributed by atoms with van der Waals surface area (Å²) in [6.07, 6.45) is 2.03. The van der Waals surface area contributed by atoms with Gasteiger partial charge < -0.3 is 10.1 Å². The number of carbonyl (C=O) groups is 5. The predicted octanol–water partition coefficient (Wildman–Crippen LogP) is 0.479. The molecule has 1 fully saturated rings. The number of anilines is 1. The molecular weight excluding hydrogens is 326 g/mol. The standard InChI is InChI=1S/C17H17N3O5/c21-9-2-1-8-18-11-5-3-4-10-14(11)17(25)20(16(10)24)12-6-7-13(22)19-15(12)23/h3-5,9,12,18H,1-2,6-8H2,(H,19,22,23). The van der Waals surface area contributed by atoms with Gasteiger partial charge in [0.25, 0.3) is 11.8 Å². The predicted molar refractivity (Wildman–Crippen MR) is 86.9 cm³/mol. The highest BCUT2D eigenvalue weighted by molar-refractivity contribution is 6.25. The molecule has 4 amide bonds. The topological polar surface area (TPSA) is 113 Å². The molecule has 8 heteroatoms. The Labute approximate surface area is 143 Å². The largest absolute Gasteiger partial charge is 0.384 e. The van der Waals surface area contributed by atoms with E-state index in [9.17, 15) is 24.0 Å². The van der Waals surface area contributed by atoms with E-state index >= 15 is 0 Å². The number of hydrogen-bond donors (Lipinski definition) is 2. The zero-order valence-electron chi connectivity index (χ0n) is 13.4. The lowest BCUT2D eigenvalue weighted by molar-refractivity contribution is -0.136. The summed E-state index contributed by atoms with van der Waals surface area (Å²) >= 11 is 0. The number of carbonyl (C=O) groups excluding carboxylic acids is 5. The molecule has 0 spiro atoms. The molecule has 130 valence electrons. The van der Waals surface area contributed by atoms with Gasteiger partial charge >= 0.3 is 0 Å². The molecule has 0 bridgehead atoms. The second-order valence-electron chi connectivity index (χ2n) is 5.91. The number of fused-ring (bicyclic) bond motifs is 1. The molecule has 25 heavy (non-hydrogen) atoms. The lowest BCUT2D eigenvalue weighted by atomic mass is 10.0. The molecule has 0 aliphatic carbocycles. The van der Waals surface area contributed by atoms with Crippen molar-refractivity contribution in [2.24, 2.45) is 0 Å². The average Bonchev–Trinajstić information content (AvgIpc) is 2.84. The van der Waals surface area contributed by atoms with Crippen molar-refractivity contribution in [2.45, 2.75) is 31.7 Å². The first-order valence-corrected chi connectivity index (χ1v) is 8.06. The number of nitrogens with one attached hydrogen (secondary N) is 2. The molecule has 3 rings (SSSR count). The van der Waals surface area contributed by atoms with Gasteiger partial charge in [0, 0.05) is 25.1 Å². The zero-order chi connectivity index (χ0) is 18.0. The highest BCUT2D eigenvalue weighted by atomic mass is 16.2. The summed E-state index contributed by atoms with van der Waals surface area (Å²) in [5.41, 5.74) is 0.954. The third-order valence-corrected chi connectivity index (χ3v) is 4.28. The minimum atomic E-state index is -0.979. The van der Waals surface area contributed by atoms with Gasteiger partial charge in [-0.15, -0.1) is 0 Å². The number of aldehydes is 1. The normalized spacial score (nSPS) is 19.7. The average molecular weight is 343 g/mol. The van der Waals surface area contributed by atoms with Crippen molar-refractivity contribution in [3.8, 4) is 0 Å². The van der Waals surface area contributed by atoms with Crippen molar-refractivity contribution < 1.29 is 24.0 Å². The van der Waals surface area contributed by atoms with E-state index in [1.54, 1.807) is 12.1 Å². The van der Waals surface area contributed by atoms with Gasteiger partial charge in [0.1, 0.15) is 12.3 Å². The molecule has 1 aromatic carbocycles. The van der Waals surface area contributed by atoms with Crippen molar-refractivity contribution in [1.82, 2.24) is 10.2 Å². The third-order valence-electron chi connectivity index (χ3n) is 4.28. The Morgan fingerprint density at radius 1 is 1.20 bits per heavy atom. The van der Waals surface area contributed by atoms with Crippen LogP contribution in [0.3, 0.4) is 0 Å². The highest BCUT2D eigenvalue weighted by Crippen LogP contribution is 2.32. The van der Waals surface area contributed by atoms with Crippen LogP contribution in [0.1, 0.15) is 46.4 Å². The Hall–Kier alpha value is -3.03. The summed E-state index contributed by atoms with van der Waals surface area (Å²) in [6, 6.07) is 3.89. The van der Waals surface area contributed by atoms with Gasteiger partial charge in [-0.05, 0) is 25.0 Å². The molecular formula is C17H17N3O5. The van der Waals surface area contributed by atoms with Gasteiger partial charge in [0.05, 0.1) is 11.1 Å². The summed E-state index contributed by atoms with van der Waals surface area (Å²) < 4.78 is 0. The first-order chi connectivity index (χ1) is 12.0. The quantitative estimate of drug-likeness (QED) is 0.441. The third kappa shape index (κ3) is 3.02. The van der Waals surface area contributed by atoms with E-state index in [0.29, 0.717) is 25.1 Å². The Balaban J connectivity index is 1.85. The van der Waals surface area contributed by atoms with E-state index in [1.165, 1.54) is 6.07 Å². The van der Waals surface area contributed by atoms with Crippen LogP contribution >= 0.6 is 0 Å². The fraction of sp³-hybridized carbons (Fsp3) is 0.353. The fourth-order valence-electron chi connectivity index (χ4n) is 3.07. The molecule has 8 nitrogen and oxygen atoms in total. The van der Waals surface area contributed by atoms with Crippen LogP contribution < -0.4 is 10.6 Å². The molecule has 1 atom stereocenters. The minimum absolute atomic E-state index is 0.0839. The summed E-state index contributed by atoms with van der Waals surface area (Å²) in [6.45, 7) is 0.481. The number of rotatable bonds is 6. The molecule has 2 aliphatic rings. The lowest BCUT2D eigenvalue weighted by Gasteiger charge is -2.27. The Kier molecular flexibility index (Phi) is 4.60. The van der Waals surface area contributed by atoms with Crippen LogP contribution in [0, 0.1) is 0 Å². The Morgan fingerprint density at radius 3 is 2.72 bits per heavy atom. The second-order valence-corrected chi connectivity index (χ2v) is 5.91. The first kappa shape index (κ1) is 16.8. The van der Waals surface area contributed by atoms with E-state index in [0.717, 1.165) is 11.2 Å². The molecule has 1 saturated heterocycles. The maximum Gasteiger partial charge on any atom is 0.264 e. The van der Waals surface area contributed by atoms with Crippen LogP contribution in [-0.4, -0.2) is 47.4 Å². The van der Waals surface area contributed by atoms with Gasteiger partial charge in [0.2, 0.25) is 11.8 Å². The van der Waals surface area contributed by atoms with Crippen molar-refractivity contribution in [3.05, 3.63) is 29.3 Å². The fourth-order valence-corrected chi connectivity index (χ4v) is 3.07. The van der Waals surface area contributed by atoms with E-state index in [4.69, 9.17) is 0 Å². The molecule has 0 saturated carbocycles. The number of piperidine rings is 1. The monoisotopic (exact) mass is 343 g/mol. The smallest absolute Gasteiger partial charge is 0.264 e. The number of imide groups is 2. The first-order valence-electron chi connectivity index (χ1n) is 8.06. The van der Waals surface area contributed by atoms with E-state index in [1.807, 2.05) is 0 Å². The van der Waals surface area contributed by atoms with Crippen LogP contribution in [0.4, 0.5) is 5.69 Å². The highest BCUT2D eigenvalue weighted by Gasteiger charge is 2.45. The SMILES string of the molecule is O=CCCCNc1cccc2c1C(=O)N(C1CCC(=O)NC1=O)C2=O. The van der Waals surface area contributed by atoms with Crippen LogP contribution in [0.15, 0.2) is 18.2 Å². The molecule has 0 aromatic heterocycles. The maximum atomic E-state index is 12.8. The van der Waals surface area contributed by atoms with Crippen molar-refractivity contribution in [2.75, 3.05) is 11.9 Å². The number of amides is 4. The number of benzene rings is 1. The Bertz CT molecular complexity index is 774. The molecule has 2 heterocycles. The van der Waals surface area contributed by atoms with E-state index in [2.05, 4.69) is 10.6 Å². The zero-order valence-corrected chi connectivity index (χ0v) is 13.4. The summed E-state index contributed by atoms with van der Waals surface area (Å²) in [7, 11) is 0. The van der Waals surface area contributed by atoms with Crippen molar-refractivity contribution in [1.29, 1.82) is 0 Å². The lowest BCUT2D eigenvalue weighted by Crippen LogP contribution is -2.54. The van der Waals surface area contributed by atoms with Gasteiger partial charge in [-0.1, -0.05) is 6.07 Å². The Morgan fingerprint density at radius 2 is 2.00 bits per heavy atom. The van der Waals surface area contributed by atoms with Gasteiger partial charge in [0.15, 0.2) is 0 Å². The number of unbranched alkanes of at least 4 members (excludes halogenated alkanes) is 1. The van der Waals surface area contributed by atoms with Crippen LogP contribution in [0.2, 0.25) is 0 Å². The second kappa shape index (κ2) is 6.84. The molecule has 2 N–H and O–H groups in total. The molecule has 2 aliphatic heterocycles. The molecule has 0 radical (unpaired) electrons. The van der Waals surface area contributed by atoms with Crippen LogP contribution in [0.5, 0.6) is 0 Å². The van der Waals surface area contributed by atoms with Gasteiger partial charge in [-0.2, -0.15) is 0 Å². The maximum absolute atomic E-state index is 12.8. The van der Waals surface area contributed by atoms with E-state index in [-0.39, 0.29) is 24.0 Å². The van der Waals surface area contributed by atoms with Gasteiger partial charge in [-0.3, -0.25) is 29.4 Å². The summed E-state index contributed by atoms with van der Waals surface area (Å²) in [5, 5.41) is 5.22. The van der Waals surface area contributed by atoms with Gasteiger partial charge in [-0.25, -0.2) is 0 Å². The number of hydrogen-bond acceptors (Lipinski definition) is 6. The molecule has 1 aromatic rings. The summed E-state index contributed by atoms with van der Waals surface area (Å²) in [5.74, 6) is -2.12. The van der Waals surface area contributed by atoms with Crippen LogP contribution in [-0.2, 0) is 14.4 Å². The summed E-state index contributed by atoms with van der Waals surface area (Å²) in [4.78, 5) is 60.0.